The lowest BCUT2D eigenvalue weighted by atomic mass is 9.85. The van der Waals surface area contributed by atoms with Crippen molar-refractivity contribution in [3.63, 3.8) is 0 Å². The first-order chi connectivity index (χ1) is 11.7. The Labute approximate surface area is 139 Å². The second-order valence-corrected chi connectivity index (χ2v) is 5.93. The summed E-state index contributed by atoms with van der Waals surface area (Å²) in [5, 5.41) is 16.9. The fourth-order valence-corrected chi connectivity index (χ4v) is 3.43. The van der Waals surface area contributed by atoms with Crippen LogP contribution >= 0.6 is 0 Å². The highest BCUT2D eigenvalue weighted by molar-refractivity contribution is 5.99. The third kappa shape index (κ3) is 2.09. The maximum Gasteiger partial charge on any atom is 0.163 e. The zero-order valence-electron chi connectivity index (χ0n) is 13.2. The molecule has 1 aliphatic heterocycles. The number of nitrogens with one attached hydrogen (secondary N) is 1. The van der Waals surface area contributed by atoms with Gasteiger partial charge >= 0.3 is 0 Å². The molecular formula is C18H16N4O2. The van der Waals surface area contributed by atoms with Gasteiger partial charge in [0, 0.05) is 17.7 Å². The van der Waals surface area contributed by atoms with Crippen LogP contribution in [0.2, 0.25) is 0 Å². The number of methoxy groups -OCH3 is 1. The van der Waals surface area contributed by atoms with Crippen LogP contribution in [-0.2, 0) is 4.79 Å². The van der Waals surface area contributed by atoms with E-state index in [4.69, 9.17) is 4.74 Å². The van der Waals surface area contributed by atoms with Crippen LogP contribution in [0.25, 0.3) is 0 Å². The quantitative estimate of drug-likeness (QED) is 0.920. The third-order valence-corrected chi connectivity index (χ3v) is 4.59. The van der Waals surface area contributed by atoms with Crippen molar-refractivity contribution in [1.29, 1.82) is 5.26 Å². The van der Waals surface area contributed by atoms with E-state index in [1.165, 1.54) is 0 Å². The fraction of sp³-hybridized carbons (Fsp3) is 0.278. The summed E-state index contributed by atoms with van der Waals surface area (Å²) in [7, 11) is 1.62. The van der Waals surface area contributed by atoms with Crippen LogP contribution in [0.3, 0.4) is 0 Å². The summed E-state index contributed by atoms with van der Waals surface area (Å²) in [6.45, 7) is 0. The standard InChI is InChI=1S/C18H16N4O2/c1-24-13-7-5-11(6-8-13)17-16-14(3-2-4-15(16)23)21-18-12(9-19)10-20-22(17)18/h5-8,10,17,21H,2-4H2,1H3/t17-/m0/s1. The van der Waals surface area contributed by atoms with Crippen molar-refractivity contribution in [1.82, 2.24) is 9.78 Å². The summed E-state index contributed by atoms with van der Waals surface area (Å²) in [4.78, 5) is 12.6. The van der Waals surface area contributed by atoms with Crippen LogP contribution in [0.4, 0.5) is 5.82 Å². The van der Waals surface area contributed by atoms with Crippen molar-refractivity contribution in [3.8, 4) is 11.8 Å². The van der Waals surface area contributed by atoms with Gasteiger partial charge in [-0.15, -0.1) is 0 Å². The predicted octanol–water partition coefficient (Wildman–Crippen LogP) is 2.79. The van der Waals surface area contributed by atoms with E-state index in [0.29, 0.717) is 17.8 Å². The molecule has 0 amide bonds. The Balaban J connectivity index is 1.90. The minimum absolute atomic E-state index is 0.143. The van der Waals surface area contributed by atoms with E-state index in [0.717, 1.165) is 35.4 Å². The SMILES string of the molecule is COc1ccc([C@H]2C3=C(CCCC3=O)Nc3c(C#N)cnn32)cc1. The number of ether oxygens (including phenoxy) is 1. The first kappa shape index (κ1) is 14.5. The van der Waals surface area contributed by atoms with Crippen LogP contribution in [0, 0.1) is 11.3 Å². The van der Waals surface area contributed by atoms with Crippen LogP contribution in [-0.4, -0.2) is 22.7 Å². The number of hydrogen-bond acceptors (Lipinski definition) is 5. The second-order valence-electron chi connectivity index (χ2n) is 5.93. The molecule has 0 fully saturated rings. The molecule has 0 radical (unpaired) electrons. The number of rotatable bonds is 2. The smallest absolute Gasteiger partial charge is 0.163 e. The Morgan fingerprint density at radius 3 is 2.83 bits per heavy atom. The van der Waals surface area contributed by atoms with Gasteiger partial charge in [0.25, 0.3) is 0 Å². The van der Waals surface area contributed by atoms with Crippen molar-refractivity contribution in [2.75, 3.05) is 12.4 Å². The number of anilines is 1. The molecule has 1 aromatic carbocycles. The van der Waals surface area contributed by atoms with E-state index in [9.17, 15) is 10.1 Å². The Morgan fingerprint density at radius 2 is 2.12 bits per heavy atom. The Kier molecular flexibility index (Phi) is 3.35. The molecule has 2 aliphatic rings. The monoisotopic (exact) mass is 320 g/mol. The maximum atomic E-state index is 12.6. The number of carbonyl (C=O) groups excluding carboxylic acids is 1. The van der Waals surface area contributed by atoms with Crippen molar-refractivity contribution >= 4 is 11.6 Å². The Hall–Kier alpha value is -3.07. The number of benzene rings is 1. The van der Waals surface area contributed by atoms with Crippen LogP contribution in [0.15, 0.2) is 41.7 Å². The van der Waals surface area contributed by atoms with E-state index in [1.54, 1.807) is 18.0 Å². The first-order valence-electron chi connectivity index (χ1n) is 7.87. The summed E-state index contributed by atoms with van der Waals surface area (Å²) in [6, 6.07) is 9.49. The molecule has 2 heterocycles. The van der Waals surface area contributed by atoms with Gasteiger partial charge in [0.05, 0.1) is 13.3 Å². The number of allylic oxidation sites excluding steroid dienone is 2. The highest BCUT2D eigenvalue weighted by Crippen LogP contribution is 2.41. The molecule has 24 heavy (non-hydrogen) atoms. The average Bonchev–Trinajstić information content (AvgIpc) is 3.03. The zero-order valence-corrected chi connectivity index (χ0v) is 13.2. The summed E-state index contributed by atoms with van der Waals surface area (Å²) < 4.78 is 6.96. The molecular weight excluding hydrogens is 304 g/mol. The summed E-state index contributed by atoms with van der Waals surface area (Å²) >= 11 is 0. The summed E-state index contributed by atoms with van der Waals surface area (Å²) in [5.74, 6) is 1.56. The number of fused-ring (bicyclic) bond motifs is 1. The lowest BCUT2D eigenvalue weighted by Gasteiger charge is -2.33. The molecule has 0 saturated heterocycles. The van der Waals surface area contributed by atoms with E-state index in [-0.39, 0.29) is 11.8 Å². The molecule has 6 nitrogen and oxygen atoms in total. The van der Waals surface area contributed by atoms with E-state index in [1.807, 2.05) is 24.3 Å². The van der Waals surface area contributed by atoms with Gasteiger partial charge in [-0.1, -0.05) is 12.1 Å². The number of nitrogens with zero attached hydrogens (tertiary/aromatic N) is 3. The number of Topliss-reactive ketones (excluding diaryl/α,β-unsaturated/α-hetero) is 1. The van der Waals surface area contributed by atoms with Gasteiger partial charge in [0.2, 0.25) is 0 Å². The largest absolute Gasteiger partial charge is 0.497 e. The predicted molar refractivity (Wildman–Crippen MR) is 87.6 cm³/mol. The fourth-order valence-electron chi connectivity index (χ4n) is 3.43. The van der Waals surface area contributed by atoms with Gasteiger partial charge in [0.1, 0.15) is 29.2 Å². The van der Waals surface area contributed by atoms with Crippen molar-refractivity contribution in [3.05, 3.63) is 52.9 Å². The van der Waals surface area contributed by atoms with Gasteiger partial charge in [-0.05, 0) is 30.5 Å². The minimum Gasteiger partial charge on any atom is -0.497 e. The van der Waals surface area contributed by atoms with Gasteiger partial charge in [-0.2, -0.15) is 10.4 Å². The molecule has 1 aliphatic carbocycles. The average molecular weight is 320 g/mol. The highest BCUT2D eigenvalue weighted by Gasteiger charge is 2.36. The van der Waals surface area contributed by atoms with Crippen LogP contribution < -0.4 is 10.1 Å². The number of carbonyl (C=O) groups is 1. The molecule has 0 bridgehead atoms. The molecule has 2 aromatic rings. The number of nitriles is 1. The molecule has 1 atom stereocenters. The molecule has 4 rings (SSSR count). The highest BCUT2D eigenvalue weighted by atomic mass is 16.5. The van der Waals surface area contributed by atoms with E-state index in [2.05, 4.69) is 16.5 Å². The van der Waals surface area contributed by atoms with Gasteiger partial charge in [-0.3, -0.25) is 4.79 Å². The number of hydrogen-bond donors (Lipinski definition) is 1. The van der Waals surface area contributed by atoms with Gasteiger partial charge in [-0.25, -0.2) is 4.68 Å². The topological polar surface area (TPSA) is 79.9 Å². The second kappa shape index (κ2) is 5.53. The molecule has 1 aromatic heterocycles. The molecule has 0 saturated carbocycles. The lowest BCUT2D eigenvalue weighted by Crippen LogP contribution is -2.31. The Bertz CT molecular complexity index is 887. The van der Waals surface area contributed by atoms with Crippen molar-refractivity contribution in [2.24, 2.45) is 0 Å². The maximum absolute atomic E-state index is 12.6. The molecule has 0 unspecified atom stereocenters. The van der Waals surface area contributed by atoms with Crippen LogP contribution in [0.5, 0.6) is 5.75 Å². The molecule has 1 N–H and O–H groups in total. The molecule has 6 heteroatoms. The molecule has 0 spiro atoms. The van der Waals surface area contributed by atoms with Crippen LogP contribution in [0.1, 0.15) is 36.4 Å². The summed E-state index contributed by atoms with van der Waals surface area (Å²) in [6.07, 6.45) is 3.73. The summed E-state index contributed by atoms with van der Waals surface area (Å²) in [5.41, 5.74) is 3.11. The normalized spacial score (nSPS) is 19.2. The first-order valence-corrected chi connectivity index (χ1v) is 7.87. The lowest BCUT2D eigenvalue weighted by molar-refractivity contribution is -0.116. The third-order valence-electron chi connectivity index (χ3n) is 4.59. The van der Waals surface area contributed by atoms with E-state index >= 15 is 0 Å². The minimum atomic E-state index is -0.308. The zero-order chi connectivity index (χ0) is 16.7. The van der Waals surface area contributed by atoms with Gasteiger partial charge in [0.15, 0.2) is 5.78 Å². The molecule has 120 valence electrons. The van der Waals surface area contributed by atoms with E-state index < -0.39 is 0 Å². The number of ketones is 1. The number of aromatic nitrogens is 2. The Morgan fingerprint density at radius 1 is 1.33 bits per heavy atom. The van der Waals surface area contributed by atoms with Crippen molar-refractivity contribution in [2.45, 2.75) is 25.3 Å². The van der Waals surface area contributed by atoms with Gasteiger partial charge < -0.3 is 10.1 Å². The van der Waals surface area contributed by atoms with Crippen molar-refractivity contribution < 1.29 is 9.53 Å².